The Bertz CT molecular complexity index is 266. The summed E-state index contributed by atoms with van der Waals surface area (Å²) in [4.78, 5) is 14.2. The molecule has 0 amide bonds. The molecule has 2 atom stereocenters. The van der Waals surface area contributed by atoms with Crippen molar-refractivity contribution in [2.45, 2.75) is 45.2 Å². The highest BCUT2D eigenvalue weighted by molar-refractivity contribution is 5.76. The highest BCUT2D eigenvalue weighted by Crippen LogP contribution is 2.21. The first-order valence-electron chi connectivity index (χ1n) is 6.84. The minimum absolute atomic E-state index is 0.0843. The van der Waals surface area contributed by atoms with Gasteiger partial charge in [-0.1, -0.05) is 6.92 Å². The van der Waals surface area contributed by atoms with Crippen LogP contribution in [0.5, 0.6) is 0 Å². The highest BCUT2D eigenvalue weighted by Gasteiger charge is 2.31. The van der Waals surface area contributed by atoms with Crippen LogP contribution in [0.1, 0.15) is 33.1 Å². The smallest absolute Gasteiger partial charge is 0.324 e. The maximum absolute atomic E-state index is 11.9. The van der Waals surface area contributed by atoms with E-state index in [1.165, 1.54) is 19.3 Å². The zero-order chi connectivity index (χ0) is 12.3. The molecule has 1 aliphatic heterocycles. The molecule has 2 unspecified atom stereocenters. The Morgan fingerprint density at radius 1 is 1.47 bits per heavy atom. The van der Waals surface area contributed by atoms with Gasteiger partial charge >= 0.3 is 5.97 Å². The Balaban J connectivity index is 1.83. The summed E-state index contributed by atoms with van der Waals surface area (Å²) in [6, 6.07) is 0.414. The second-order valence-electron chi connectivity index (χ2n) is 5.40. The van der Waals surface area contributed by atoms with Gasteiger partial charge in [0.1, 0.15) is 6.04 Å². The van der Waals surface area contributed by atoms with Crippen LogP contribution >= 0.6 is 0 Å². The van der Waals surface area contributed by atoms with E-state index in [0.29, 0.717) is 12.6 Å². The number of nitrogens with one attached hydrogen (secondary N) is 1. The maximum Gasteiger partial charge on any atom is 0.324 e. The molecule has 0 radical (unpaired) electrons. The molecule has 2 fully saturated rings. The van der Waals surface area contributed by atoms with Crippen LogP contribution in [0.3, 0.4) is 0 Å². The summed E-state index contributed by atoms with van der Waals surface area (Å²) >= 11 is 0. The van der Waals surface area contributed by atoms with E-state index in [0.717, 1.165) is 25.6 Å². The van der Waals surface area contributed by atoms with Crippen LogP contribution in [0.4, 0.5) is 0 Å². The molecule has 0 aromatic carbocycles. The normalized spacial score (nSPS) is 27.1. The van der Waals surface area contributed by atoms with Gasteiger partial charge in [0.2, 0.25) is 0 Å². The van der Waals surface area contributed by atoms with E-state index in [1.807, 2.05) is 6.92 Å². The molecule has 1 heterocycles. The quantitative estimate of drug-likeness (QED) is 0.704. The molecule has 98 valence electrons. The number of rotatable bonds is 6. The number of hydrogen-bond donors (Lipinski definition) is 1. The largest absolute Gasteiger partial charge is 0.465 e. The lowest BCUT2D eigenvalue weighted by molar-refractivity contribution is -0.146. The lowest BCUT2D eigenvalue weighted by Gasteiger charge is -2.23. The Kier molecular flexibility index (Phi) is 4.40. The molecular weight excluding hydrogens is 216 g/mol. The molecule has 17 heavy (non-hydrogen) atoms. The van der Waals surface area contributed by atoms with Crippen LogP contribution in [-0.2, 0) is 9.53 Å². The van der Waals surface area contributed by atoms with Crippen LogP contribution in [0.15, 0.2) is 0 Å². The Morgan fingerprint density at radius 3 is 2.76 bits per heavy atom. The van der Waals surface area contributed by atoms with Crippen molar-refractivity contribution in [3.63, 3.8) is 0 Å². The molecule has 1 N–H and O–H groups in total. The van der Waals surface area contributed by atoms with Crippen molar-refractivity contribution in [2.24, 2.45) is 5.92 Å². The molecule has 0 aromatic heterocycles. The maximum atomic E-state index is 11.9. The van der Waals surface area contributed by atoms with Crippen LogP contribution in [0.25, 0.3) is 0 Å². The van der Waals surface area contributed by atoms with Gasteiger partial charge in [0.05, 0.1) is 6.61 Å². The Morgan fingerprint density at radius 2 is 2.24 bits per heavy atom. The molecule has 2 aliphatic rings. The van der Waals surface area contributed by atoms with Crippen molar-refractivity contribution in [2.75, 3.05) is 26.2 Å². The number of hydrogen-bond acceptors (Lipinski definition) is 4. The monoisotopic (exact) mass is 240 g/mol. The van der Waals surface area contributed by atoms with E-state index in [4.69, 9.17) is 4.74 Å². The van der Waals surface area contributed by atoms with E-state index < -0.39 is 0 Å². The zero-order valence-corrected chi connectivity index (χ0v) is 10.9. The number of nitrogens with zero attached hydrogens (tertiary/aromatic N) is 1. The molecule has 0 spiro atoms. The van der Waals surface area contributed by atoms with Gasteiger partial charge in [-0.25, -0.2) is 0 Å². The van der Waals surface area contributed by atoms with E-state index >= 15 is 0 Å². The highest BCUT2D eigenvalue weighted by atomic mass is 16.5. The lowest BCUT2D eigenvalue weighted by Crippen LogP contribution is -2.47. The third kappa shape index (κ3) is 3.96. The summed E-state index contributed by atoms with van der Waals surface area (Å²) in [6.45, 7) is 7.64. The van der Waals surface area contributed by atoms with Gasteiger partial charge in [0.15, 0.2) is 0 Å². The van der Waals surface area contributed by atoms with Crippen molar-refractivity contribution in [1.29, 1.82) is 0 Å². The SMILES string of the molecule is CCOC(=O)C(CN1CCC(C)C1)NC1CC1. The van der Waals surface area contributed by atoms with E-state index in [-0.39, 0.29) is 12.0 Å². The van der Waals surface area contributed by atoms with Gasteiger partial charge in [0, 0.05) is 19.1 Å². The first kappa shape index (κ1) is 12.8. The Hall–Kier alpha value is -0.610. The van der Waals surface area contributed by atoms with E-state index in [9.17, 15) is 4.79 Å². The van der Waals surface area contributed by atoms with Gasteiger partial charge in [-0.15, -0.1) is 0 Å². The zero-order valence-electron chi connectivity index (χ0n) is 10.9. The minimum atomic E-state index is -0.132. The van der Waals surface area contributed by atoms with Crippen LogP contribution in [0.2, 0.25) is 0 Å². The summed E-state index contributed by atoms with van der Waals surface area (Å²) in [5.41, 5.74) is 0. The molecule has 1 saturated heterocycles. The predicted molar refractivity (Wildman–Crippen MR) is 66.8 cm³/mol. The summed E-state index contributed by atoms with van der Waals surface area (Å²) in [6.07, 6.45) is 3.65. The molecule has 1 saturated carbocycles. The lowest BCUT2D eigenvalue weighted by atomic mass is 10.2. The third-order valence-electron chi connectivity index (χ3n) is 3.53. The van der Waals surface area contributed by atoms with E-state index in [1.54, 1.807) is 0 Å². The number of carbonyl (C=O) groups is 1. The summed E-state index contributed by atoms with van der Waals surface area (Å²) in [7, 11) is 0. The standard InChI is InChI=1S/C13H24N2O2/c1-3-17-13(16)12(14-11-4-5-11)9-15-7-6-10(2)8-15/h10-12,14H,3-9H2,1-2H3. The molecule has 4 heteroatoms. The van der Waals surface area contributed by atoms with Crippen LogP contribution in [-0.4, -0.2) is 49.2 Å². The molecule has 4 nitrogen and oxygen atoms in total. The fraction of sp³-hybridized carbons (Fsp3) is 0.923. The van der Waals surface area contributed by atoms with Crippen molar-refractivity contribution in [3.05, 3.63) is 0 Å². The first-order chi connectivity index (χ1) is 8.19. The fourth-order valence-corrected chi connectivity index (χ4v) is 2.42. The second kappa shape index (κ2) is 5.83. The van der Waals surface area contributed by atoms with Gasteiger partial charge in [-0.2, -0.15) is 0 Å². The van der Waals surface area contributed by atoms with E-state index in [2.05, 4.69) is 17.1 Å². The fourth-order valence-electron chi connectivity index (χ4n) is 2.42. The number of ether oxygens (including phenoxy) is 1. The third-order valence-corrected chi connectivity index (χ3v) is 3.53. The van der Waals surface area contributed by atoms with Gasteiger partial charge < -0.3 is 15.0 Å². The summed E-state index contributed by atoms with van der Waals surface area (Å²) in [5, 5.41) is 3.40. The van der Waals surface area contributed by atoms with Crippen LogP contribution in [0, 0.1) is 5.92 Å². The number of esters is 1. The summed E-state index contributed by atoms with van der Waals surface area (Å²) < 4.78 is 5.14. The molecular formula is C13H24N2O2. The average Bonchev–Trinajstić information content (AvgIpc) is 3.01. The second-order valence-corrected chi connectivity index (χ2v) is 5.40. The van der Waals surface area contributed by atoms with Gasteiger partial charge in [-0.05, 0) is 38.6 Å². The number of carbonyl (C=O) groups excluding carboxylic acids is 1. The van der Waals surface area contributed by atoms with Crippen molar-refractivity contribution in [3.8, 4) is 0 Å². The average molecular weight is 240 g/mol. The first-order valence-corrected chi connectivity index (χ1v) is 6.84. The van der Waals surface area contributed by atoms with Crippen molar-refractivity contribution in [1.82, 2.24) is 10.2 Å². The molecule has 0 bridgehead atoms. The van der Waals surface area contributed by atoms with Crippen LogP contribution < -0.4 is 5.32 Å². The molecule has 2 rings (SSSR count). The van der Waals surface area contributed by atoms with Crippen molar-refractivity contribution >= 4 is 5.97 Å². The van der Waals surface area contributed by atoms with Gasteiger partial charge in [-0.3, -0.25) is 4.79 Å². The molecule has 1 aliphatic carbocycles. The summed E-state index contributed by atoms with van der Waals surface area (Å²) in [5.74, 6) is 0.678. The Labute approximate surface area is 104 Å². The topological polar surface area (TPSA) is 41.6 Å². The predicted octanol–water partition coefficient (Wildman–Crippen LogP) is 1.01. The number of likely N-dealkylation sites (tertiary alicyclic amines) is 1. The van der Waals surface area contributed by atoms with Crippen molar-refractivity contribution < 1.29 is 9.53 Å². The minimum Gasteiger partial charge on any atom is -0.465 e. The van der Waals surface area contributed by atoms with Gasteiger partial charge in [0.25, 0.3) is 0 Å². The molecule has 0 aromatic rings.